The molecule has 0 saturated carbocycles. The fourth-order valence-corrected chi connectivity index (χ4v) is 6.24. The molecule has 0 atom stereocenters. The molecule has 1 amide bonds. The number of amides is 1. The van der Waals surface area contributed by atoms with Crippen molar-refractivity contribution in [2.24, 2.45) is 0 Å². The number of hydrogen-bond donors (Lipinski definition) is 2. The Morgan fingerprint density at radius 3 is 2.70 bits per heavy atom. The Labute approximate surface area is 207 Å². The maximum atomic E-state index is 13.3. The van der Waals surface area contributed by atoms with E-state index >= 15 is 0 Å². The van der Waals surface area contributed by atoms with Crippen molar-refractivity contribution in [2.45, 2.75) is 37.6 Å². The van der Waals surface area contributed by atoms with E-state index in [-0.39, 0.29) is 11.3 Å². The van der Waals surface area contributed by atoms with Gasteiger partial charge in [0.25, 0.3) is 5.91 Å². The number of rotatable bonds is 3. The van der Waals surface area contributed by atoms with Gasteiger partial charge in [-0.2, -0.15) is 0 Å². The standard InChI is InChI=1S/C25H24Cl2N4OS/c1-14-22-17(24(32)31(13-33-22)21-19(26)5-4-6-20(21)27)11-29-23(14)30-16-7-8-18-15(9-16)10-28-12-25(18,2)3/h4-9,11,28H,10,12-13H2,1-3H3,(H,29,30). The molecule has 5 nitrogen and oxygen atoms in total. The van der Waals surface area contributed by atoms with Crippen LogP contribution >= 0.6 is 35.0 Å². The number of anilines is 3. The molecule has 8 heteroatoms. The minimum absolute atomic E-state index is 0.111. The highest BCUT2D eigenvalue weighted by Gasteiger charge is 2.31. The summed E-state index contributed by atoms with van der Waals surface area (Å²) in [5, 5.41) is 7.86. The highest BCUT2D eigenvalue weighted by atomic mass is 35.5. The molecule has 0 radical (unpaired) electrons. The second-order valence-corrected chi connectivity index (χ2v) is 10.8. The summed E-state index contributed by atoms with van der Waals surface area (Å²) in [4.78, 5) is 20.4. The Morgan fingerprint density at radius 1 is 1.18 bits per heavy atom. The lowest BCUT2D eigenvalue weighted by atomic mass is 9.79. The van der Waals surface area contributed by atoms with Crippen LogP contribution < -0.4 is 15.5 Å². The third-order valence-electron chi connectivity index (χ3n) is 6.26. The molecule has 2 aliphatic rings. The van der Waals surface area contributed by atoms with Crippen molar-refractivity contribution in [1.82, 2.24) is 10.3 Å². The van der Waals surface area contributed by atoms with E-state index in [1.807, 2.05) is 6.92 Å². The highest BCUT2D eigenvalue weighted by molar-refractivity contribution is 7.99. The van der Waals surface area contributed by atoms with Gasteiger partial charge in [-0.25, -0.2) is 4.98 Å². The number of nitrogens with zero attached hydrogens (tertiary/aromatic N) is 2. The van der Waals surface area contributed by atoms with Gasteiger partial charge in [-0.3, -0.25) is 9.69 Å². The number of benzene rings is 2. The van der Waals surface area contributed by atoms with Crippen molar-refractivity contribution in [3.05, 3.63) is 74.9 Å². The summed E-state index contributed by atoms with van der Waals surface area (Å²) in [5.41, 5.74) is 5.81. The van der Waals surface area contributed by atoms with Crippen molar-refractivity contribution in [3.8, 4) is 0 Å². The van der Waals surface area contributed by atoms with Crippen LogP contribution in [0, 0.1) is 6.92 Å². The summed E-state index contributed by atoms with van der Waals surface area (Å²) in [6.45, 7) is 8.34. The van der Waals surface area contributed by atoms with Gasteiger partial charge in [0.2, 0.25) is 0 Å². The van der Waals surface area contributed by atoms with Gasteiger partial charge in [0.15, 0.2) is 0 Å². The summed E-state index contributed by atoms with van der Waals surface area (Å²) in [5.74, 6) is 1.03. The van der Waals surface area contributed by atoms with Crippen LogP contribution in [0.15, 0.2) is 47.5 Å². The van der Waals surface area contributed by atoms with Gasteiger partial charge in [0, 0.05) is 40.8 Å². The number of nitrogens with one attached hydrogen (secondary N) is 2. The van der Waals surface area contributed by atoms with E-state index in [9.17, 15) is 4.79 Å². The van der Waals surface area contributed by atoms with E-state index in [1.54, 1.807) is 41.1 Å². The van der Waals surface area contributed by atoms with E-state index < -0.39 is 0 Å². The van der Waals surface area contributed by atoms with Crippen LogP contribution in [0.4, 0.5) is 17.2 Å². The molecule has 0 aliphatic carbocycles. The van der Waals surface area contributed by atoms with Crippen LogP contribution in [0.5, 0.6) is 0 Å². The molecule has 0 bridgehead atoms. The summed E-state index contributed by atoms with van der Waals surface area (Å²) in [7, 11) is 0. The maximum absolute atomic E-state index is 13.3. The first kappa shape index (κ1) is 22.5. The van der Waals surface area contributed by atoms with Crippen molar-refractivity contribution in [1.29, 1.82) is 0 Å². The molecule has 2 N–H and O–H groups in total. The maximum Gasteiger partial charge on any atom is 0.261 e. The van der Waals surface area contributed by atoms with Gasteiger partial charge in [-0.1, -0.05) is 49.2 Å². The lowest BCUT2D eigenvalue weighted by Gasteiger charge is -2.33. The molecule has 0 unspecified atom stereocenters. The van der Waals surface area contributed by atoms with E-state index in [4.69, 9.17) is 23.2 Å². The normalized spacial score (nSPS) is 16.9. The van der Waals surface area contributed by atoms with Crippen LogP contribution in [0.25, 0.3) is 0 Å². The summed E-state index contributed by atoms with van der Waals surface area (Å²) < 4.78 is 0. The van der Waals surface area contributed by atoms with Crippen molar-refractivity contribution >= 4 is 58.1 Å². The number of carbonyl (C=O) groups excluding carboxylic acids is 1. The third-order valence-corrected chi connectivity index (χ3v) is 8.08. The molecule has 5 rings (SSSR count). The van der Waals surface area contributed by atoms with Gasteiger partial charge in [-0.15, -0.1) is 11.8 Å². The Balaban J connectivity index is 1.44. The predicted molar refractivity (Wildman–Crippen MR) is 137 cm³/mol. The minimum atomic E-state index is -0.150. The fraction of sp³-hybridized carbons (Fsp3) is 0.280. The number of halogens is 2. The van der Waals surface area contributed by atoms with Crippen molar-refractivity contribution < 1.29 is 4.79 Å². The SMILES string of the molecule is Cc1c(Nc2ccc3c(c2)CNCC3(C)C)ncc2c1SCN(c1c(Cl)cccc1Cl)C2=O. The van der Waals surface area contributed by atoms with Crippen LogP contribution in [-0.2, 0) is 12.0 Å². The predicted octanol–water partition coefficient (Wildman–Crippen LogP) is 6.53. The molecule has 33 heavy (non-hydrogen) atoms. The Bertz CT molecular complexity index is 1260. The molecule has 170 valence electrons. The van der Waals surface area contributed by atoms with Crippen LogP contribution in [-0.4, -0.2) is 23.3 Å². The average Bonchev–Trinajstić information content (AvgIpc) is 2.77. The zero-order valence-corrected chi connectivity index (χ0v) is 21.0. The third kappa shape index (κ3) is 3.99. The first-order valence-corrected chi connectivity index (χ1v) is 12.5. The number of hydrogen-bond acceptors (Lipinski definition) is 5. The number of fused-ring (bicyclic) bond motifs is 2. The van der Waals surface area contributed by atoms with E-state index in [0.29, 0.717) is 27.2 Å². The lowest BCUT2D eigenvalue weighted by molar-refractivity contribution is 0.0986. The van der Waals surface area contributed by atoms with Crippen molar-refractivity contribution in [2.75, 3.05) is 22.6 Å². The number of aromatic nitrogens is 1. The largest absolute Gasteiger partial charge is 0.340 e. The molecule has 3 heterocycles. The molecule has 0 fully saturated rings. The van der Waals surface area contributed by atoms with Gasteiger partial charge in [0.05, 0.1) is 27.2 Å². The van der Waals surface area contributed by atoms with E-state index in [0.717, 1.165) is 35.1 Å². The second kappa shape index (κ2) is 8.51. The second-order valence-electron chi connectivity index (χ2n) is 9.04. The van der Waals surface area contributed by atoms with Crippen molar-refractivity contribution in [3.63, 3.8) is 0 Å². The number of pyridine rings is 1. The molecule has 0 spiro atoms. The lowest BCUT2D eigenvalue weighted by Crippen LogP contribution is -2.38. The first-order chi connectivity index (χ1) is 15.8. The van der Waals surface area contributed by atoms with Crippen LogP contribution in [0.2, 0.25) is 10.0 Å². The molecule has 3 aromatic rings. The molecule has 1 aromatic heterocycles. The van der Waals surface area contributed by atoms with Gasteiger partial charge in [-0.05, 0) is 42.3 Å². The Morgan fingerprint density at radius 2 is 1.94 bits per heavy atom. The van der Waals surface area contributed by atoms with Crippen LogP contribution in [0.3, 0.4) is 0 Å². The number of carbonyl (C=O) groups is 1. The van der Waals surface area contributed by atoms with E-state index in [2.05, 4.69) is 47.7 Å². The monoisotopic (exact) mass is 498 g/mol. The summed E-state index contributed by atoms with van der Waals surface area (Å²) in [6, 6.07) is 11.7. The Kier molecular flexibility index (Phi) is 5.81. The minimum Gasteiger partial charge on any atom is -0.340 e. The molecule has 2 aliphatic heterocycles. The van der Waals surface area contributed by atoms with Gasteiger partial charge < -0.3 is 10.6 Å². The topological polar surface area (TPSA) is 57.3 Å². The zero-order chi connectivity index (χ0) is 23.3. The average molecular weight is 499 g/mol. The number of thioether (sulfide) groups is 1. The van der Waals surface area contributed by atoms with Crippen LogP contribution in [0.1, 0.15) is 40.9 Å². The first-order valence-electron chi connectivity index (χ1n) is 10.8. The molecule has 0 saturated heterocycles. The quantitative estimate of drug-likeness (QED) is 0.429. The van der Waals surface area contributed by atoms with Gasteiger partial charge in [0.1, 0.15) is 5.82 Å². The Hall–Kier alpha value is -2.25. The molecular formula is C25H24Cl2N4OS. The van der Waals surface area contributed by atoms with Gasteiger partial charge >= 0.3 is 0 Å². The summed E-state index contributed by atoms with van der Waals surface area (Å²) >= 11 is 14.3. The highest BCUT2D eigenvalue weighted by Crippen LogP contribution is 2.42. The summed E-state index contributed by atoms with van der Waals surface area (Å²) in [6.07, 6.45) is 1.64. The molecule has 2 aromatic carbocycles. The molecular weight excluding hydrogens is 475 g/mol. The zero-order valence-electron chi connectivity index (χ0n) is 18.6. The van der Waals surface area contributed by atoms with E-state index in [1.165, 1.54) is 11.1 Å². The fourth-order valence-electron chi connectivity index (χ4n) is 4.52. The smallest absolute Gasteiger partial charge is 0.261 e. The number of para-hydroxylation sites is 1.